The summed E-state index contributed by atoms with van der Waals surface area (Å²) in [4.78, 5) is 24.8. The molecule has 1 aromatic heterocycles. The van der Waals surface area contributed by atoms with E-state index >= 15 is 0 Å². The number of sulfonamides is 1. The van der Waals surface area contributed by atoms with Gasteiger partial charge in [-0.15, -0.1) is 0 Å². The molecular weight excluding hydrogens is 435 g/mol. The van der Waals surface area contributed by atoms with Gasteiger partial charge in [0.2, 0.25) is 10.0 Å². The van der Waals surface area contributed by atoms with Crippen molar-refractivity contribution in [3.8, 4) is 5.69 Å². The SMILES string of the molecule is CCNS(=O)(=O)c1ccc(F)c(C(=O)NNC(=O)c2cc(C)n(-c3ccccc3)c2C)c1. The van der Waals surface area contributed by atoms with Gasteiger partial charge in [-0.05, 0) is 50.2 Å². The number of halogens is 1. The quantitative estimate of drug-likeness (QED) is 0.493. The fraction of sp³-hybridized carbons (Fsp3) is 0.182. The molecule has 168 valence electrons. The van der Waals surface area contributed by atoms with Crippen LogP contribution in [0.5, 0.6) is 0 Å². The minimum absolute atomic E-state index is 0.138. The molecule has 1 heterocycles. The zero-order valence-corrected chi connectivity index (χ0v) is 18.6. The Labute approximate surface area is 185 Å². The molecule has 3 rings (SSSR count). The third-order valence-electron chi connectivity index (χ3n) is 4.81. The number of hydrogen-bond donors (Lipinski definition) is 3. The predicted molar refractivity (Wildman–Crippen MR) is 117 cm³/mol. The highest BCUT2D eigenvalue weighted by molar-refractivity contribution is 7.89. The number of carbonyl (C=O) groups excluding carboxylic acids is 2. The van der Waals surface area contributed by atoms with Gasteiger partial charge in [-0.2, -0.15) is 0 Å². The molecule has 0 aliphatic heterocycles. The summed E-state index contributed by atoms with van der Waals surface area (Å²) >= 11 is 0. The highest BCUT2D eigenvalue weighted by atomic mass is 32.2. The van der Waals surface area contributed by atoms with Crippen molar-refractivity contribution >= 4 is 21.8 Å². The summed E-state index contributed by atoms with van der Waals surface area (Å²) in [6, 6.07) is 14.0. The monoisotopic (exact) mass is 458 g/mol. The van der Waals surface area contributed by atoms with Gasteiger partial charge in [0, 0.05) is 23.6 Å². The van der Waals surface area contributed by atoms with Crippen LogP contribution < -0.4 is 15.6 Å². The first-order valence-electron chi connectivity index (χ1n) is 9.80. The van der Waals surface area contributed by atoms with Crippen LogP contribution in [0.15, 0.2) is 59.5 Å². The number of hydrazine groups is 1. The molecule has 0 fully saturated rings. The fourth-order valence-electron chi connectivity index (χ4n) is 3.33. The highest BCUT2D eigenvalue weighted by Crippen LogP contribution is 2.20. The molecule has 3 aromatic rings. The van der Waals surface area contributed by atoms with Crippen LogP contribution in [-0.2, 0) is 10.0 Å². The first kappa shape index (κ1) is 23.2. The zero-order chi connectivity index (χ0) is 23.5. The van der Waals surface area contributed by atoms with Crippen LogP contribution in [0, 0.1) is 19.7 Å². The molecular formula is C22H23FN4O4S. The van der Waals surface area contributed by atoms with Crippen molar-refractivity contribution in [3.05, 3.63) is 82.9 Å². The Morgan fingerprint density at radius 1 is 0.938 bits per heavy atom. The minimum Gasteiger partial charge on any atom is -0.318 e. The van der Waals surface area contributed by atoms with Crippen molar-refractivity contribution in [1.82, 2.24) is 20.1 Å². The van der Waals surface area contributed by atoms with Crippen LogP contribution >= 0.6 is 0 Å². The number of nitrogens with zero attached hydrogens (tertiary/aromatic N) is 1. The summed E-state index contributed by atoms with van der Waals surface area (Å²) in [6.45, 7) is 5.35. The van der Waals surface area contributed by atoms with Gasteiger partial charge in [0.1, 0.15) is 5.82 Å². The maximum atomic E-state index is 14.2. The van der Waals surface area contributed by atoms with E-state index in [1.165, 1.54) is 0 Å². The normalized spacial score (nSPS) is 11.2. The molecule has 10 heteroatoms. The number of nitrogens with one attached hydrogen (secondary N) is 3. The molecule has 0 radical (unpaired) electrons. The molecule has 0 spiro atoms. The first-order chi connectivity index (χ1) is 15.2. The number of aryl methyl sites for hydroxylation is 1. The van der Waals surface area contributed by atoms with Gasteiger partial charge in [0.15, 0.2) is 0 Å². The Morgan fingerprint density at radius 2 is 1.56 bits per heavy atom. The summed E-state index contributed by atoms with van der Waals surface area (Å²) in [5, 5.41) is 0. The maximum absolute atomic E-state index is 14.2. The maximum Gasteiger partial charge on any atom is 0.272 e. The van der Waals surface area contributed by atoms with Crippen molar-refractivity contribution in [2.24, 2.45) is 0 Å². The number of carbonyl (C=O) groups is 2. The molecule has 2 amide bonds. The van der Waals surface area contributed by atoms with Gasteiger partial charge in [0.25, 0.3) is 11.8 Å². The van der Waals surface area contributed by atoms with Crippen LogP contribution in [0.3, 0.4) is 0 Å². The fourth-order valence-corrected chi connectivity index (χ4v) is 4.40. The molecule has 32 heavy (non-hydrogen) atoms. The Kier molecular flexibility index (Phi) is 6.75. The molecule has 0 saturated heterocycles. The van der Waals surface area contributed by atoms with Crippen molar-refractivity contribution < 1.29 is 22.4 Å². The molecule has 2 aromatic carbocycles. The average Bonchev–Trinajstić information content (AvgIpc) is 3.06. The first-order valence-corrected chi connectivity index (χ1v) is 11.3. The van der Waals surface area contributed by atoms with Crippen molar-refractivity contribution in [2.75, 3.05) is 6.54 Å². The molecule has 0 bridgehead atoms. The summed E-state index contributed by atoms with van der Waals surface area (Å²) < 4.78 is 42.6. The Bertz CT molecular complexity index is 1270. The topological polar surface area (TPSA) is 109 Å². The third kappa shape index (κ3) is 4.71. The summed E-state index contributed by atoms with van der Waals surface area (Å²) in [5.74, 6) is -2.50. The molecule has 0 saturated carbocycles. The van der Waals surface area contributed by atoms with E-state index in [1.54, 1.807) is 19.9 Å². The van der Waals surface area contributed by atoms with Crippen LogP contribution in [0.1, 0.15) is 39.0 Å². The van der Waals surface area contributed by atoms with Crippen LogP contribution in [0.25, 0.3) is 5.69 Å². The lowest BCUT2D eigenvalue weighted by atomic mass is 10.2. The molecule has 8 nitrogen and oxygen atoms in total. The molecule has 0 aliphatic rings. The molecule has 0 atom stereocenters. The van der Waals surface area contributed by atoms with Gasteiger partial charge in [0.05, 0.1) is 16.0 Å². The number of rotatable bonds is 6. The summed E-state index contributed by atoms with van der Waals surface area (Å²) in [5.41, 5.74) is 6.57. The zero-order valence-electron chi connectivity index (χ0n) is 17.8. The van der Waals surface area contributed by atoms with E-state index in [4.69, 9.17) is 0 Å². The molecule has 0 unspecified atom stereocenters. The Balaban J connectivity index is 1.78. The van der Waals surface area contributed by atoms with Crippen molar-refractivity contribution in [1.29, 1.82) is 0 Å². The van der Waals surface area contributed by atoms with Crippen molar-refractivity contribution in [3.63, 3.8) is 0 Å². The van der Waals surface area contributed by atoms with Crippen LogP contribution in [-0.4, -0.2) is 31.3 Å². The van der Waals surface area contributed by atoms with Crippen molar-refractivity contribution in [2.45, 2.75) is 25.7 Å². The minimum atomic E-state index is -3.88. The van der Waals surface area contributed by atoms with Gasteiger partial charge in [-0.3, -0.25) is 20.4 Å². The number of aromatic nitrogens is 1. The smallest absolute Gasteiger partial charge is 0.272 e. The Morgan fingerprint density at radius 3 is 2.19 bits per heavy atom. The number of benzene rings is 2. The summed E-state index contributed by atoms with van der Waals surface area (Å²) in [6.07, 6.45) is 0. The van der Waals surface area contributed by atoms with Gasteiger partial charge >= 0.3 is 0 Å². The standard InChI is InChI=1S/C22H23FN4O4S/c1-4-24-32(30,31)17-10-11-20(23)19(13-17)22(29)26-25-21(28)18-12-14(2)27(15(18)3)16-8-6-5-7-9-16/h5-13,24H,4H2,1-3H3,(H,25,28)(H,26,29). The number of amides is 2. The van der Waals surface area contributed by atoms with Gasteiger partial charge in [-0.25, -0.2) is 17.5 Å². The number of para-hydroxylation sites is 1. The van der Waals surface area contributed by atoms with Gasteiger partial charge < -0.3 is 4.57 Å². The predicted octanol–water partition coefficient (Wildman–Crippen LogP) is 2.61. The van der Waals surface area contributed by atoms with Crippen LogP contribution in [0.2, 0.25) is 0 Å². The number of hydrogen-bond acceptors (Lipinski definition) is 4. The lowest BCUT2D eigenvalue weighted by molar-refractivity contribution is 0.0843. The van der Waals surface area contributed by atoms with E-state index in [0.717, 1.165) is 29.6 Å². The second-order valence-electron chi connectivity index (χ2n) is 7.01. The van der Waals surface area contributed by atoms with E-state index in [-0.39, 0.29) is 11.4 Å². The lowest BCUT2D eigenvalue weighted by Gasteiger charge is -2.11. The third-order valence-corrected chi connectivity index (χ3v) is 6.35. The molecule has 0 aliphatic carbocycles. The van der Waals surface area contributed by atoms with E-state index in [9.17, 15) is 22.4 Å². The summed E-state index contributed by atoms with van der Waals surface area (Å²) in [7, 11) is -3.88. The van der Waals surface area contributed by atoms with E-state index in [2.05, 4.69) is 15.6 Å². The second-order valence-corrected chi connectivity index (χ2v) is 8.77. The average molecular weight is 459 g/mol. The molecule has 3 N–H and O–H groups in total. The van der Waals surface area contributed by atoms with Gasteiger partial charge in [-0.1, -0.05) is 25.1 Å². The Hall–Kier alpha value is -3.50. The van der Waals surface area contributed by atoms with E-state index in [1.807, 2.05) is 41.8 Å². The van der Waals surface area contributed by atoms with E-state index < -0.39 is 33.2 Å². The van der Waals surface area contributed by atoms with E-state index in [0.29, 0.717) is 11.3 Å². The lowest BCUT2D eigenvalue weighted by Crippen LogP contribution is -2.42. The largest absolute Gasteiger partial charge is 0.318 e. The highest BCUT2D eigenvalue weighted by Gasteiger charge is 2.21. The second kappa shape index (κ2) is 9.33. The van der Waals surface area contributed by atoms with Crippen LogP contribution in [0.4, 0.5) is 4.39 Å².